The SMILES string of the molecule is CC(C)S(=O)(=O)Cc1cc(N)nc(-c2ccc(NC(N)=O)cc2)n1. The number of urea groups is 1. The maximum Gasteiger partial charge on any atom is 0.316 e. The molecule has 1 aromatic carbocycles. The largest absolute Gasteiger partial charge is 0.384 e. The van der Waals surface area contributed by atoms with Gasteiger partial charge < -0.3 is 16.8 Å². The third-order valence-corrected chi connectivity index (χ3v) is 5.41. The molecule has 0 aliphatic rings. The molecular formula is C15H19N5O3S. The highest BCUT2D eigenvalue weighted by Gasteiger charge is 2.19. The Bertz CT molecular complexity index is 848. The zero-order valence-electron chi connectivity index (χ0n) is 13.4. The van der Waals surface area contributed by atoms with E-state index in [0.29, 0.717) is 22.8 Å². The van der Waals surface area contributed by atoms with Gasteiger partial charge in [-0.15, -0.1) is 0 Å². The summed E-state index contributed by atoms with van der Waals surface area (Å²) in [5.41, 5.74) is 12.3. The number of amides is 2. The Hall–Kier alpha value is -2.68. The standard InChI is InChI=1S/C15H19N5O3S/c1-9(2)24(22,23)8-12-7-13(16)20-14(18-12)10-3-5-11(6-4-10)19-15(17)21/h3-7,9H,8H2,1-2H3,(H2,16,18,20)(H3,17,19,21). The molecule has 0 unspecified atom stereocenters. The number of nitrogens with one attached hydrogen (secondary N) is 1. The molecule has 24 heavy (non-hydrogen) atoms. The highest BCUT2D eigenvalue weighted by Crippen LogP contribution is 2.21. The van der Waals surface area contributed by atoms with E-state index in [1.807, 2.05) is 0 Å². The van der Waals surface area contributed by atoms with Crippen LogP contribution in [-0.2, 0) is 15.6 Å². The van der Waals surface area contributed by atoms with Gasteiger partial charge in [0, 0.05) is 17.3 Å². The fraction of sp³-hybridized carbons (Fsp3) is 0.267. The Balaban J connectivity index is 2.33. The average molecular weight is 349 g/mol. The average Bonchev–Trinajstić information content (AvgIpc) is 2.46. The summed E-state index contributed by atoms with van der Waals surface area (Å²) < 4.78 is 24.1. The number of nitrogens with zero attached hydrogens (tertiary/aromatic N) is 2. The van der Waals surface area contributed by atoms with Crippen molar-refractivity contribution in [2.24, 2.45) is 5.73 Å². The molecule has 0 saturated carbocycles. The fourth-order valence-corrected chi connectivity index (χ4v) is 2.83. The van der Waals surface area contributed by atoms with E-state index >= 15 is 0 Å². The lowest BCUT2D eigenvalue weighted by molar-refractivity contribution is 0.259. The highest BCUT2D eigenvalue weighted by molar-refractivity contribution is 7.91. The van der Waals surface area contributed by atoms with Crippen LogP contribution in [0.3, 0.4) is 0 Å². The summed E-state index contributed by atoms with van der Waals surface area (Å²) >= 11 is 0. The lowest BCUT2D eigenvalue weighted by Crippen LogP contribution is -2.19. The monoisotopic (exact) mass is 349 g/mol. The molecule has 9 heteroatoms. The van der Waals surface area contributed by atoms with E-state index in [4.69, 9.17) is 11.5 Å². The van der Waals surface area contributed by atoms with Gasteiger partial charge in [0.1, 0.15) is 5.82 Å². The minimum atomic E-state index is -3.29. The van der Waals surface area contributed by atoms with Crippen LogP contribution in [0.1, 0.15) is 19.5 Å². The van der Waals surface area contributed by atoms with E-state index in [0.717, 1.165) is 0 Å². The normalized spacial score (nSPS) is 11.5. The predicted molar refractivity (Wildman–Crippen MR) is 92.8 cm³/mol. The summed E-state index contributed by atoms with van der Waals surface area (Å²) in [6.07, 6.45) is 0. The number of carbonyl (C=O) groups excluding carboxylic acids is 1. The Morgan fingerprint density at radius 1 is 1.21 bits per heavy atom. The van der Waals surface area contributed by atoms with E-state index in [2.05, 4.69) is 15.3 Å². The van der Waals surface area contributed by atoms with Crippen LogP contribution in [0.25, 0.3) is 11.4 Å². The third-order valence-electron chi connectivity index (χ3n) is 3.28. The molecule has 0 spiro atoms. The summed E-state index contributed by atoms with van der Waals surface area (Å²) in [4.78, 5) is 19.2. The highest BCUT2D eigenvalue weighted by atomic mass is 32.2. The summed E-state index contributed by atoms with van der Waals surface area (Å²) in [7, 11) is -3.29. The van der Waals surface area contributed by atoms with Gasteiger partial charge in [-0.25, -0.2) is 23.2 Å². The van der Waals surface area contributed by atoms with Crippen LogP contribution in [0, 0.1) is 0 Å². The molecule has 8 nitrogen and oxygen atoms in total. The van der Waals surface area contributed by atoms with Crippen molar-refractivity contribution < 1.29 is 13.2 Å². The summed E-state index contributed by atoms with van der Waals surface area (Å²) in [5.74, 6) is 0.300. The molecule has 2 aromatic rings. The van der Waals surface area contributed by atoms with E-state index in [-0.39, 0.29) is 11.6 Å². The number of hydrogen-bond acceptors (Lipinski definition) is 6. The van der Waals surface area contributed by atoms with Gasteiger partial charge in [-0.2, -0.15) is 0 Å². The number of sulfone groups is 1. The first kappa shape index (κ1) is 17.7. The van der Waals surface area contributed by atoms with Crippen LogP contribution in [0.5, 0.6) is 0 Å². The molecule has 0 aliphatic carbocycles. The van der Waals surface area contributed by atoms with Gasteiger partial charge in [-0.1, -0.05) is 0 Å². The number of carbonyl (C=O) groups is 1. The number of primary amides is 1. The van der Waals surface area contributed by atoms with Gasteiger partial charge in [0.25, 0.3) is 0 Å². The summed E-state index contributed by atoms with van der Waals surface area (Å²) in [6.45, 7) is 3.23. The molecule has 1 aromatic heterocycles. The third kappa shape index (κ3) is 4.42. The second-order valence-electron chi connectivity index (χ2n) is 5.53. The molecule has 128 valence electrons. The smallest absolute Gasteiger partial charge is 0.316 e. The van der Waals surface area contributed by atoms with Gasteiger partial charge in [-0.3, -0.25) is 0 Å². The van der Waals surface area contributed by atoms with Crippen LogP contribution >= 0.6 is 0 Å². The maximum absolute atomic E-state index is 12.1. The first-order valence-electron chi connectivity index (χ1n) is 7.19. The zero-order valence-corrected chi connectivity index (χ0v) is 14.2. The number of nitrogen functional groups attached to an aromatic ring is 1. The van der Waals surface area contributed by atoms with Gasteiger partial charge in [-0.05, 0) is 38.1 Å². The molecule has 2 rings (SSSR count). The van der Waals surface area contributed by atoms with Crippen LogP contribution in [0.4, 0.5) is 16.3 Å². The van der Waals surface area contributed by atoms with Gasteiger partial charge >= 0.3 is 6.03 Å². The van der Waals surface area contributed by atoms with Crippen molar-refractivity contribution in [3.8, 4) is 11.4 Å². The Morgan fingerprint density at radius 2 is 1.83 bits per heavy atom. The predicted octanol–water partition coefficient (Wildman–Crippen LogP) is 1.54. The number of hydrogen-bond donors (Lipinski definition) is 3. The van der Waals surface area contributed by atoms with Crippen LogP contribution < -0.4 is 16.8 Å². The lowest BCUT2D eigenvalue weighted by Gasteiger charge is -2.09. The number of benzene rings is 1. The minimum absolute atomic E-state index is 0.188. The fourth-order valence-electron chi connectivity index (χ4n) is 1.94. The second-order valence-corrected chi connectivity index (χ2v) is 8.09. The topological polar surface area (TPSA) is 141 Å². The summed E-state index contributed by atoms with van der Waals surface area (Å²) in [6, 6.07) is 7.42. The first-order valence-corrected chi connectivity index (χ1v) is 8.91. The molecule has 0 saturated heterocycles. The van der Waals surface area contributed by atoms with E-state index < -0.39 is 21.1 Å². The van der Waals surface area contributed by atoms with Crippen LogP contribution in [-0.4, -0.2) is 29.7 Å². The molecule has 5 N–H and O–H groups in total. The number of aromatic nitrogens is 2. The van der Waals surface area contributed by atoms with Crippen molar-refractivity contribution in [2.75, 3.05) is 11.1 Å². The Kier molecular flexibility index (Phi) is 5.03. The second kappa shape index (κ2) is 6.83. The summed E-state index contributed by atoms with van der Waals surface area (Å²) in [5, 5.41) is 1.94. The number of anilines is 2. The molecule has 0 radical (unpaired) electrons. The van der Waals surface area contributed by atoms with Crippen molar-refractivity contribution in [2.45, 2.75) is 24.9 Å². The number of rotatable bonds is 5. The van der Waals surface area contributed by atoms with Crippen LogP contribution in [0.15, 0.2) is 30.3 Å². The van der Waals surface area contributed by atoms with Crippen molar-refractivity contribution in [3.63, 3.8) is 0 Å². The Morgan fingerprint density at radius 3 is 2.38 bits per heavy atom. The Labute approximate surface area is 140 Å². The van der Waals surface area contributed by atoms with Crippen molar-refractivity contribution in [1.29, 1.82) is 0 Å². The lowest BCUT2D eigenvalue weighted by atomic mass is 10.2. The van der Waals surface area contributed by atoms with Gasteiger partial charge in [0.05, 0.1) is 16.7 Å². The van der Waals surface area contributed by atoms with Crippen molar-refractivity contribution >= 4 is 27.4 Å². The maximum atomic E-state index is 12.1. The zero-order chi connectivity index (χ0) is 17.9. The molecule has 2 amide bonds. The number of nitrogens with two attached hydrogens (primary N) is 2. The van der Waals surface area contributed by atoms with Crippen LogP contribution in [0.2, 0.25) is 0 Å². The molecule has 0 aliphatic heterocycles. The van der Waals surface area contributed by atoms with E-state index in [1.165, 1.54) is 6.07 Å². The van der Waals surface area contributed by atoms with Gasteiger partial charge in [0.2, 0.25) is 0 Å². The van der Waals surface area contributed by atoms with Crippen molar-refractivity contribution in [1.82, 2.24) is 9.97 Å². The minimum Gasteiger partial charge on any atom is -0.384 e. The van der Waals surface area contributed by atoms with Crippen molar-refractivity contribution in [3.05, 3.63) is 36.0 Å². The quantitative estimate of drug-likeness (QED) is 0.747. The molecule has 0 fully saturated rings. The molecule has 0 bridgehead atoms. The van der Waals surface area contributed by atoms with E-state index in [9.17, 15) is 13.2 Å². The van der Waals surface area contributed by atoms with Gasteiger partial charge in [0.15, 0.2) is 15.7 Å². The molecular weight excluding hydrogens is 330 g/mol. The molecule has 1 heterocycles. The molecule has 0 atom stereocenters. The first-order chi connectivity index (χ1) is 11.2. The van der Waals surface area contributed by atoms with E-state index in [1.54, 1.807) is 38.1 Å².